The first-order chi connectivity index (χ1) is 11.8. The van der Waals surface area contributed by atoms with Gasteiger partial charge in [0, 0.05) is 24.5 Å². The molecule has 0 radical (unpaired) electrons. The summed E-state index contributed by atoms with van der Waals surface area (Å²) in [5.74, 6) is -0.496. The molecule has 2 rings (SSSR count). The molecule has 0 saturated heterocycles. The number of hydrogen-bond acceptors (Lipinski definition) is 2. The number of amides is 1. The Labute approximate surface area is 149 Å². The summed E-state index contributed by atoms with van der Waals surface area (Å²) in [7, 11) is 0. The van der Waals surface area contributed by atoms with Gasteiger partial charge in [-0.2, -0.15) is 13.2 Å². The van der Waals surface area contributed by atoms with E-state index < -0.39 is 17.6 Å². The summed E-state index contributed by atoms with van der Waals surface area (Å²) in [6.45, 7) is 2.93. The van der Waals surface area contributed by atoms with Gasteiger partial charge < -0.3 is 10.6 Å². The van der Waals surface area contributed by atoms with Crippen molar-refractivity contribution in [3.05, 3.63) is 64.2 Å². The molecule has 0 atom stereocenters. The molecule has 0 aromatic heterocycles. The van der Waals surface area contributed by atoms with E-state index >= 15 is 0 Å². The van der Waals surface area contributed by atoms with Crippen LogP contribution in [-0.2, 0) is 17.5 Å². The number of hydrogen-bond donors (Lipinski definition) is 2. The van der Waals surface area contributed by atoms with E-state index in [1.165, 1.54) is 6.07 Å². The SMILES string of the molecule is Cc1cccc(CNCCC(=O)Nc2ccc(Cl)cc2C(F)(F)F)c1. The van der Waals surface area contributed by atoms with E-state index in [0.29, 0.717) is 13.1 Å². The molecule has 0 spiro atoms. The van der Waals surface area contributed by atoms with Gasteiger partial charge in [-0.15, -0.1) is 0 Å². The summed E-state index contributed by atoms with van der Waals surface area (Å²) < 4.78 is 39.0. The van der Waals surface area contributed by atoms with Crippen LogP contribution in [0.25, 0.3) is 0 Å². The van der Waals surface area contributed by atoms with Crippen LogP contribution in [0.4, 0.5) is 18.9 Å². The molecule has 0 aliphatic rings. The second kappa shape index (κ2) is 8.36. The van der Waals surface area contributed by atoms with Gasteiger partial charge in [-0.1, -0.05) is 41.4 Å². The van der Waals surface area contributed by atoms with Crippen LogP contribution < -0.4 is 10.6 Å². The largest absolute Gasteiger partial charge is 0.418 e. The molecule has 0 fully saturated rings. The maximum atomic E-state index is 13.0. The Hall–Kier alpha value is -2.05. The van der Waals surface area contributed by atoms with Gasteiger partial charge >= 0.3 is 6.18 Å². The summed E-state index contributed by atoms with van der Waals surface area (Å²) >= 11 is 5.61. The van der Waals surface area contributed by atoms with Crippen LogP contribution in [0, 0.1) is 6.92 Å². The third-order valence-corrected chi connectivity index (χ3v) is 3.74. The van der Waals surface area contributed by atoms with Gasteiger partial charge in [-0.05, 0) is 30.7 Å². The number of alkyl halides is 3. The molecule has 2 N–H and O–H groups in total. The van der Waals surface area contributed by atoms with Crippen molar-refractivity contribution in [2.45, 2.75) is 26.1 Å². The lowest BCUT2D eigenvalue weighted by atomic mass is 10.1. The Morgan fingerprint density at radius 3 is 2.60 bits per heavy atom. The molecule has 0 aliphatic heterocycles. The van der Waals surface area contributed by atoms with E-state index in [1.807, 2.05) is 31.2 Å². The molecule has 134 valence electrons. The van der Waals surface area contributed by atoms with Gasteiger partial charge in [-0.3, -0.25) is 4.79 Å². The Kier molecular flexibility index (Phi) is 6.45. The first-order valence-electron chi connectivity index (χ1n) is 7.68. The van der Waals surface area contributed by atoms with E-state index in [1.54, 1.807) is 0 Å². The lowest BCUT2D eigenvalue weighted by Crippen LogP contribution is -2.22. The number of nitrogens with one attached hydrogen (secondary N) is 2. The molecule has 0 saturated carbocycles. The van der Waals surface area contributed by atoms with Crippen LogP contribution in [-0.4, -0.2) is 12.5 Å². The molecule has 7 heteroatoms. The molecule has 0 aliphatic carbocycles. The molecular weight excluding hydrogens is 353 g/mol. The second-order valence-electron chi connectivity index (χ2n) is 5.65. The zero-order chi connectivity index (χ0) is 18.4. The second-order valence-corrected chi connectivity index (χ2v) is 6.09. The minimum Gasteiger partial charge on any atom is -0.325 e. The number of aryl methyl sites for hydroxylation is 1. The van der Waals surface area contributed by atoms with E-state index in [0.717, 1.165) is 23.3 Å². The number of benzene rings is 2. The summed E-state index contributed by atoms with van der Waals surface area (Å²) in [5.41, 5.74) is 0.971. The average molecular weight is 371 g/mol. The van der Waals surface area contributed by atoms with Gasteiger partial charge in [0.15, 0.2) is 0 Å². The number of carbonyl (C=O) groups is 1. The number of rotatable bonds is 6. The Balaban J connectivity index is 1.86. The molecule has 2 aromatic carbocycles. The van der Waals surface area contributed by atoms with Gasteiger partial charge in [0.25, 0.3) is 0 Å². The highest BCUT2D eigenvalue weighted by atomic mass is 35.5. The molecule has 2 aromatic rings. The van der Waals surface area contributed by atoms with Crippen molar-refractivity contribution in [2.24, 2.45) is 0 Å². The quantitative estimate of drug-likeness (QED) is 0.718. The van der Waals surface area contributed by atoms with E-state index in [4.69, 9.17) is 11.6 Å². The van der Waals surface area contributed by atoms with Crippen molar-refractivity contribution >= 4 is 23.2 Å². The van der Waals surface area contributed by atoms with Gasteiger partial charge in [0.05, 0.1) is 11.3 Å². The minimum atomic E-state index is -4.59. The topological polar surface area (TPSA) is 41.1 Å². The summed E-state index contributed by atoms with van der Waals surface area (Å²) in [5, 5.41) is 5.35. The Morgan fingerprint density at radius 1 is 1.16 bits per heavy atom. The lowest BCUT2D eigenvalue weighted by molar-refractivity contribution is -0.137. The fraction of sp³-hybridized carbons (Fsp3) is 0.278. The number of halogens is 4. The van der Waals surface area contributed by atoms with Crippen LogP contribution in [0.1, 0.15) is 23.1 Å². The predicted octanol–water partition coefficient (Wildman–Crippen LogP) is 4.79. The smallest absolute Gasteiger partial charge is 0.325 e. The number of carbonyl (C=O) groups excluding carboxylic acids is 1. The molecule has 25 heavy (non-hydrogen) atoms. The van der Waals surface area contributed by atoms with Crippen LogP contribution in [0.15, 0.2) is 42.5 Å². The molecule has 1 amide bonds. The molecule has 0 unspecified atom stereocenters. The summed E-state index contributed by atoms with van der Waals surface area (Å²) in [4.78, 5) is 11.9. The van der Waals surface area contributed by atoms with Crippen LogP contribution in [0.5, 0.6) is 0 Å². The highest BCUT2D eigenvalue weighted by molar-refractivity contribution is 6.30. The van der Waals surface area contributed by atoms with Crippen LogP contribution in [0.3, 0.4) is 0 Å². The Morgan fingerprint density at radius 2 is 1.92 bits per heavy atom. The van der Waals surface area contributed by atoms with Crippen LogP contribution in [0.2, 0.25) is 5.02 Å². The average Bonchev–Trinajstić information content (AvgIpc) is 2.52. The van der Waals surface area contributed by atoms with Gasteiger partial charge in [0.1, 0.15) is 0 Å². The van der Waals surface area contributed by atoms with Crippen molar-refractivity contribution < 1.29 is 18.0 Å². The molecule has 0 bridgehead atoms. The monoisotopic (exact) mass is 370 g/mol. The third-order valence-electron chi connectivity index (χ3n) is 3.50. The minimum absolute atomic E-state index is 0.0369. The van der Waals surface area contributed by atoms with Gasteiger partial charge in [0.2, 0.25) is 5.91 Å². The first-order valence-corrected chi connectivity index (χ1v) is 8.06. The third kappa shape index (κ3) is 6.07. The van der Waals surface area contributed by atoms with Crippen molar-refractivity contribution in [1.82, 2.24) is 5.32 Å². The van der Waals surface area contributed by atoms with Crippen molar-refractivity contribution in [2.75, 3.05) is 11.9 Å². The normalized spacial score (nSPS) is 11.4. The summed E-state index contributed by atoms with van der Waals surface area (Å²) in [6, 6.07) is 11.2. The van der Waals surface area contributed by atoms with Crippen molar-refractivity contribution in [3.8, 4) is 0 Å². The fourth-order valence-electron chi connectivity index (χ4n) is 2.33. The molecule has 0 heterocycles. The van der Waals surface area contributed by atoms with E-state index in [2.05, 4.69) is 10.6 Å². The fourth-order valence-corrected chi connectivity index (χ4v) is 2.50. The highest BCUT2D eigenvalue weighted by Gasteiger charge is 2.34. The maximum absolute atomic E-state index is 13.0. The van der Waals surface area contributed by atoms with Crippen molar-refractivity contribution in [3.63, 3.8) is 0 Å². The highest BCUT2D eigenvalue weighted by Crippen LogP contribution is 2.36. The standard InChI is InChI=1S/C18H18ClF3N2O/c1-12-3-2-4-13(9-12)11-23-8-7-17(25)24-16-6-5-14(19)10-15(16)18(20,21)22/h2-6,9-10,23H,7-8,11H2,1H3,(H,24,25). The molecular formula is C18H18ClF3N2O. The van der Waals surface area contributed by atoms with Crippen molar-refractivity contribution in [1.29, 1.82) is 0 Å². The van der Waals surface area contributed by atoms with E-state index in [-0.39, 0.29) is 17.1 Å². The lowest BCUT2D eigenvalue weighted by Gasteiger charge is -2.14. The zero-order valence-electron chi connectivity index (χ0n) is 13.6. The molecule has 3 nitrogen and oxygen atoms in total. The van der Waals surface area contributed by atoms with Gasteiger partial charge in [-0.25, -0.2) is 0 Å². The van der Waals surface area contributed by atoms with E-state index in [9.17, 15) is 18.0 Å². The first kappa shape index (κ1) is 19.3. The predicted molar refractivity (Wildman–Crippen MR) is 92.6 cm³/mol. The number of anilines is 1. The summed E-state index contributed by atoms with van der Waals surface area (Å²) in [6.07, 6.45) is -4.53. The van der Waals surface area contributed by atoms with Crippen LogP contribution >= 0.6 is 11.6 Å². The Bertz CT molecular complexity index is 747. The maximum Gasteiger partial charge on any atom is 0.418 e. The zero-order valence-corrected chi connectivity index (χ0v) is 14.3.